The van der Waals surface area contributed by atoms with E-state index < -0.39 is 17.2 Å². The van der Waals surface area contributed by atoms with Crippen molar-refractivity contribution in [2.24, 2.45) is 0 Å². The fourth-order valence-electron chi connectivity index (χ4n) is 3.77. The Labute approximate surface area is 148 Å². The van der Waals surface area contributed by atoms with E-state index in [9.17, 15) is 8.78 Å². The van der Waals surface area contributed by atoms with Crippen LogP contribution in [0.1, 0.15) is 66.3 Å². The smallest absolute Gasteiger partial charge is 0.147 e. The highest BCUT2D eigenvalue weighted by Crippen LogP contribution is 2.35. The molecule has 25 heavy (non-hydrogen) atoms. The number of hydrogen-bond acceptors (Lipinski definition) is 1. The molecule has 2 aromatic rings. The van der Waals surface area contributed by atoms with Crippen molar-refractivity contribution in [3.8, 4) is 6.07 Å². The average Bonchev–Trinajstić information content (AvgIpc) is 2.62. The lowest BCUT2D eigenvalue weighted by Crippen LogP contribution is -2.16. The number of benzene rings is 2. The lowest BCUT2D eigenvalue weighted by Gasteiger charge is -2.26. The van der Waals surface area contributed by atoms with Crippen LogP contribution >= 0.6 is 0 Å². The Balaban J connectivity index is 1.76. The number of fused-ring (bicyclic) bond motifs is 1. The number of hydrogen-bond donors (Lipinski definition) is 0. The van der Waals surface area contributed by atoms with Gasteiger partial charge in [0.15, 0.2) is 0 Å². The Morgan fingerprint density at radius 2 is 1.92 bits per heavy atom. The third-order valence-corrected chi connectivity index (χ3v) is 5.25. The van der Waals surface area contributed by atoms with Crippen molar-refractivity contribution in [3.63, 3.8) is 0 Å². The van der Waals surface area contributed by atoms with Crippen molar-refractivity contribution >= 4 is 0 Å². The van der Waals surface area contributed by atoms with Crippen LogP contribution in [0.5, 0.6) is 0 Å². The molecule has 2 aromatic carbocycles. The second-order valence-corrected chi connectivity index (χ2v) is 6.94. The molecule has 1 nitrogen and oxygen atoms in total. The predicted molar refractivity (Wildman–Crippen MR) is 95.5 cm³/mol. The van der Waals surface area contributed by atoms with Gasteiger partial charge < -0.3 is 0 Å². The number of unbranched alkanes of at least 4 members (excludes halogenated alkanes) is 2. The van der Waals surface area contributed by atoms with Gasteiger partial charge in [0.25, 0.3) is 0 Å². The van der Waals surface area contributed by atoms with E-state index in [4.69, 9.17) is 5.26 Å². The van der Waals surface area contributed by atoms with Gasteiger partial charge in [-0.3, -0.25) is 0 Å². The van der Waals surface area contributed by atoms with Gasteiger partial charge >= 0.3 is 0 Å². The minimum absolute atomic E-state index is 0.281. The van der Waals surface area contributed by atoms with Crippen LogP contribution in [0.2, 0.25) is 0 Å². The fraction of sp³-hybridized carbons (Fsp3) is 0.409. The molecule has 0 spiro atoms. The summed E-state index contributed by atoms with van der Waals surface area (Å²) in [7, 11) is 0. The van der Waals surface area contributed by atoms with Crippen molar-refractivity contribution in [1.82, 2.24) is 0 Å². The molecule has 0 saturated carbocycles. The normalized spacial score (nSPS) is 16.3. The summed E-state index contributed by atoms with van der Waals surface area (Å²) in [5, 5.41) is 8.90. The minimum Gasteiger partial charge on any atom is -0.205 e. The molecule has 0 radical (unpaired) electrons. The van der Waals surface area contributed by atoms with Crippen molar-refractivity contribution < 1.29 is 8.78 Å². The van der Waals surface area contributed by atoms with Crippen LogP contribution in [0, 0.1) is 23.0 Å². The second kappa shape index (κ2) is 7.78. The average molecular weight is 339 g/mol. The Hall–Kier alpha value is -2.21. The van der Waals surface area contributed by atoms with E-state index in [1.54, 1.807) is 6.07 Å². The van der Waals surface area contributed by atoms with Gasteiger partial charge in [-0.15, -0.1) is 0 Å². The molecule has 0 aliphatic heterocycles. The second-order valence-electron chi connectivity index (χ2n) is 6.94. The van der Waals surface area contributed by atoms with E-state index in [1.807, 2.05) is 0 Å². The highest BCUT2D eigenvalue weighted by molar-refractivity contribution is 5.44. The van der Waals surface area contributed by atoms with Crippen LogP contribution in [0.25, 0.3) is 0 Å². The topological polar surface area (TPSA) is 23.8 Å². The summed E-state index contributed by atoms with van der Waals surface area (Å²) in [5.74, 6) is -1.13. The molecule has 1 unspecified atom stereocenters. The molecule has 1 aliphatic rings. The number of aryl methyl sites for hydroxylation is 1. The first-order valence-corrected chi connectivity index (χ1v) is 9.12. The van der Waals surface area contributed by atoms with Crippen LogP contribution in [0.3, 0.4) is 0 Å². The first kappa shape index (κ1) is 17.6. The molecular weight excluding hydrogens is 316 g/mol. The highest BCUT2D eigenvalue weighted by atomic mass is 19.1. The third kappa shape index (κ3) is 3.74. The molecule has 130 valence electrons. The Kier molecular flexibility index (Phi) is 5.48. The number of nitrogens with zero attached hydrogens (tertiary/aromatic N) is 1. The molecular formula is C22H23F2N. The predicted octanol–water partition coefficient (Wildman–Crippen LogP) is 5.84. The monoisotopic (exact) mass is 339 g/mol. The van der Waals surface area contributed by atoms with E-state index in [-0.39, 0.29) is 5.92 Å². The standard InChI is InChI=1S/C22H23F2N/c1-2-3-4-5-15-6-8-16(9-7-15)17-10-11-19-18(12-17)13-21(23)20(14-25)22(19)24/h6-9,13,17H,2-5,10-12H2,1H3. The number of nitriles is 1. The summed E-state index contributed by atoms with van der Waals surface area (Å²) in [6.45, 7) is 2.20. The molecule has 0 N–H and O–H groups in total. The number of halogens is 2. The maximum absolute atomic E-state index is 14.3. The van der Waals surface area contributed by atoms with Crippen molar-refractivity contribution in [2.45, 2.75) is 57.8 Å². The van der Waals surface area contributed by atoms with E-state index in [0.717, 1.165) is 12.8 Å². The lowest BCUT2D eigenvalue weighted by atomic mass is 9.79. The van der Waals surface area contributed by atoms with E-state index in [1.165, 1.54) is 36.5 Å². The van der Waals surface area contributed by atoms with Crippen molar-refractivity contribution in [1.29, 1.82) is 5.26 Å². The van der Waals surface area contributed by atoms with Gasteiger partial charge in [0.1, 0.15) is 23.3 Å². The Morgan fingerprint density at radius 3 is 2.60 bits per heavy atom. The first-order valence-electron chi connectivity index (χ1n) is 9.12. The Morgan fingerprint density at radius 1 is 1.16 bits per heavy atom. The van der Waals surface area contributed by atoms with E-state index >= 15 is 0 Å². The largest absolute Gasteiger partial charge is 0.205 e. The Bertz CT molecular complexity index is 787. The lowest BCUT2D eigenvalue weighted by molar-refractivity contribution is 0.519. The highest BCUT2D eigenvalue weighted by Gasteiger charge is 2.26. The van der Waals surface area contributed by atoms with Gasteiger partial charge in [-0.1, -0.05) is 44.0 Å². The van der Waals surface area contributed by atoms with Gasteiger partial charge in [0.2, 0.25) is 0 Å². The summed E-state index contributed by atoms with van der Waals surface area (Å²) in [5.41, 5.74) is 3.36. The molecule has 0 amide bonds. The van der Waals surface area contributed by atoms with Gasteiger partial charge in [-0.2, -0.15) is 5.26 Å². The molecule has 0 saturated heterocycles. The van der Waals surface area contributed by atoms with Gasteiger partial charge in [0, 0.05) is 0 Å². The molecule has 0 bridgehead atoms. The van der Waals surface area contributed by atoms with E-state index in [2.05, 4.69) is 31.2 Å². The van der Waals surface area contributed by atoms with Gasteiger partial charge in [0.05, 0.1) is 0 Å². The maximum Gasteiger partial charge on any atom is 0.147 e. The third-order valence-electron chi connectivity index (χ3n) is 5.25. The molecule has 1 aliphatic carbocycles. The number of rotatable bonds is 5. The van der Waals surface area contributed by atoms with Crippen LogP contribution in [-0.2, 0) is 19.3 Å². The zero-order chi connectivity index (χ0) is 17.8. The maximum atomic E-state index is 14.3. The quantitative estimate of drug-likeness (QED) is 0.628. The molecule has 0 aromatic heterocycles. The van der Waals surface area contributed by atoms with Crippen LogP contribution in [0.4, 0.5) is 8.78 Å². The van der Waals surface area contributed by atoms with Crippen LogP contribution in [0.15, 0.2) is 30.3 Å². The molecule has 0 heterocycles. The molecule has 3 heteroatoms. The molecule has 0 fully saturated rings. The molecule has 1 atom stereocenters. The van der Waals surface area contributed by atoms with E-state index in [0.29, 0.717) is 24.0 Å². The summed E-state index contributed by atoms with van der Waals surface area (Å²) >= 11 is 0. The summed E-state index contributed by atoms with van der Waals surface area (Å²) < 4.78 is 28.2. The van der Waals surface area contributed by atoms with Crippen molar-refractivity contribution in [3.05, 3.63) is 69.8 Å². The molecule has 3 rings (SSSR count). The van der Waals surface area contributed by atoms with Crippen LogP contribution < -0.4 is 0 Å². The first-order chi connectivity index (χ1) is 12.1. The SMILES string of the molecule is CCCCCc1ccc(C2CCc3c(cc(F)c(C#N)c3F)C2)cc1. The summed E-state index contributed by atoms with van der Waals surface area (Å²) in [4.78, 5) is 0. The minimum atomic E-state index is -0.745. The summed E-state index contributed by atoms with van der Waals surface area (Å²) in [6.07, 6.45) is 6.81. The van der Waals surface area contributed by atoms with Gasteiger partial charge in [-0.25, -0.2) is 8.78 Å². The van der Waals surface area contributed by atoms with Crippen molar-refractivity contribution in [2.75, 3.05) is 0 Å². The zero-order valence-corrected chi connectivity index (χ0v) is 14.6. The van der Waals surface area contributed by atoms with Gasteiger partial charge in [-0.05, 0) is 66.3 Å². The summed E-state index contributed by atoms with van der Waals surface area (Å²) in [6, 6.07) is 11.7. The fourth-order valence-corrected chi connectivity index (χ4v) is 3.77. The van der Waals surface area contributed by atoms with Crippen LogP contribution in [-0.4, -0.2) is 0 Å². The zero-order valence-electron chi connectivity index (χ0n) is 14.6.